The van der Waals surface area contributed by atoms with E-state index in [-0.39, 0.29) is 19.0 Å². The molecule has 10 heteroatoms. The molecule has 0 saturated carbocycles. The quantitative estimate of drug-likeness (QED) is 0.350. The fraction of sp³-hybridized carbons (Fsp3) is 0.118. The number of hydrogen-bond donors (Lipinski definition) is 2. The molecule has 0 fully saturated rings. The Bertz CT molecular complexity index is 910. The number of amides is 2. The highest BCUT2D eigenvalue weighted by Gasteiger charge is 2.15. The number of hydrazone groups is 1. The minimum Gasteiger partial charge on any atom is -0.454 e. The Hall–Kier alpha value is -3.95. The van der Waals surface area contributed by atoms with Crippen molar-refractivity contribution in [1.29, 1.82) is 0 Å². The van der Waals surface area contributed by atoms with Crippen LogP contribution in [0.15, 0.2) is 47.6 Å². The van der Waals surface area contributed by atoms with Crippen LogP contribution in [0.2, 0.25) is 0 Å². The van der Waals surface area contributed by atoms with Gasteiger partial charge in [-0.1, -0.05) is 6.07 Å². The Morgan fingerprint density at radius 3 is 2.59 bits per heavy atom. The topological polar surface area (TPSA) is 132 Å². The molecule has 0 radical (unpaired) electrons. The highest BCUT2D eigenvalue weighted by molar-refractivity contribution is 6.35. The van der Waals surface area contributed by atoms with Gasteiger partial charge in [0.1, 0.15) is 0 Å². The van der Waals surface area contributed by atoms with E-state index in [4.69, 9.17) is 9.47 Å². The van der Waals surface area contributed by atoms with Gasteiger partial charge in [-0.05, 0) is 35.4 Å². The molecular formula is C17H14N4O6. The van der Waals surface area contributed by atoms with Crippen LogP contribution in [0.1, 0.15) is 11.1 Å². The van der Waals surface area contributed by atoms with Crippen LogP contribution in [-0.2, 0) is 16.1 Å². The second-order valence-electron chi connectivity index (χ2n) is 5.42. The molecule has 0 spiro atoms. The van der Waals surface area contributed by atoms with Gasteiger partial charge in [0.15, 0.2) is 11.5 Å². The van der Waals surface area contributed by atoms with Gasteiger partial charge in [0.2, 0.25) is 6.79 Å². The second-order valence-corrected chi connectivity index (χ2v) is 5.42. The van der Waals surface area contributed by atoms with E-state index in [1.807, 2.05) is 0 Å². The number of benzene rings is 2. The Balaban J connectivity index is 1.47. The summed E-state index contributed by atoms with van der Waals surface area (Å²) in [6, 6.07) is 10.7. The van der Waals surface area contributed by atoms with Gasteiger partial charge >= 0.3 is 11.8 Å². The van der Waals surface area contributed by atoms with Crippen LogP contribution in [0.3, 0.4) is 0 Å². The predicted molar refractivity (Wildman–Crippen MR) is 93.2 cm³/mol. The molecule has 0 aromatic heterocycles. The zero-order chi connectivity index (χ0) is 19.2. The summed E-state index contributed by atoms with van der Waals surface area (Å²) in [5.41, 5.74) is 3.30. The van der Waals surface area contributed by atoms with E-state index in [2.05, 4.69) is 15.8 Å². The Kier molecular flexibility index (Phi) is 5.26. The molecule has 0 saturated heterocycles. The molecule has 2 amide bonds. The van der Waals surface area contributed by atoms with Crippen LogP contribution >= 0.6 is 0 Å². The van der Waals surface area contributed by atoms with E-state index < -0.39 is 16.7 Å². The van der Waals surface area contributed by atoms with E-state index in [0.717, 1.165) is 5.56 Å². The summed E-state index contributed by atoms with van der Waals surface area (Å²) in [5, 5.41) is 16.7. The number of carbonyl (C=O) groups is 2. The van der Waals surface area contributed by atoms with Gasteiger partial charge in [0, 0.05) is 18.7 Å². The minimum absolute atomic E-state index is 0.0564. The van der Waals surface area contributed by atoms with E-state index >= 15 is 0 Å². The Morgan fingerprint density at radius 1 is 1.11 bits per heavy atom. The lowest BCUT2D eigenvalue weighted by molar-refractivity contribution is -0.384. The largest absolute Gasteiger partial charge is 0.454 e. The number of ether oxygens (including phenoxy) is 2. The molecule has 138 valence electrons. The van der Waals surface area contributed by atoms with Crippen molar-refractivity contribution >= 4 is 23.7 Å². The highest BCUT2D eigenvalue weighted by Crippen LogP contribution is 2.32. The molecule has 10 nitrogen and oxygen atoms in total. The van der Waals surface area contributed by atoms with Gasteiger partial charge in [-0.25, -0.2) is 5.43 Å². The normalized spacial score (nSPS) is 12.0. The van der Waals surface area contributed by atoms with Gasteiger partial charge in [0.05, 0.1) is 11.1 Å². The van der Waals surface area contributed by atoms with Crippen LogP contribution < -0.4 is 20.2 Å². The van der Waals surface area contributed by atoms with Crippen LogP contribution in [0.25, 0.3) is 0 Å². The third-order valence-electron chi connectivity index (χ3n) is 3.58. The van der Waals surface area contributed by atoms with E-state index in [1.54, 1.807) is 18.2 Å². The van der Waals surface area contributed by atoms with Crippen molar-refractivity contribution in [1.82, 2.24) is 10.7 Å². The number of carbonyl (C=O) groups excluding carboxylic acids is 2. The van der Waals surface area contributed by atoms with Gasteiger partial charge in [0.25, 0.3) is 5.69 Å². The zero-order valence-corrected chi connectivity index (χ0v) is 13.9. The lowest BCUT2D eigenvalue weighted by Gasteiger charge is -2.05. The molecule has 1 aliphatic heterocycles. The first kappa shape index (κ1) is 17.9. The molecule has 0 aliphatic carbocycles. The Morgan fingerprint density at radius 2 is 1.85 bits per heavy atom. The SMILES string of the molecule is O=C(NCc1ccc2c(c1)OCO2)C(=O)N/N=C\c1ccc([N+](=O)[O-])cc1. The van der Waals surface area contributed by atoms with Crippen molar-refractivity contribution in [2.45, 2.75) is 6.54 Å². The number of nitro benzene ring substituents is 1. The average molecular weight is 370 g/mol. The standard InChI is InChI=1S/C17H14N4O6/c22-16(18-8-12-3-6-14-15(7-12)27-10-26-14)17(23)20-19-9-11-1-4-13(5-2-11)21(24)25/h1-7,9H,8,10H2,(H,18,22)(H,20,23)/b19-9-. The maximum Gasteiger partial charge on any atom is 0.329 e. The average Bonchev–Trinajstić information content (AvgIpc) is 3.14. The summed E-state index contributed by atoms with van der Waals surface area (Å²) in [7, 11) is 0. The molecule has 1 aliphatic rings. The molecule has 0 atom stereocenters. The first-order valence-corrected chi connectivity index (χ1v) is 7.77. The fourth-order valence-corrected chi connectivity index (χ4v) is 2.21. The van der Waals surface area contributed by atoms with Crippen LogP contribution in [-0.4, -0.2) is 29.7 Å². The lowest BCUT2D eigenvalue weighted by atomic mass is 10.2. The van der Waals surface area contributed by atoms with Crippen LogP contribution in [0.5, 0.6) is 11.5 Å². The highest BCUT2D eigenvalue weighted by atomic mass is 16.7. The van der Waals surface area contributed by atoms with Gasteiger partial charge in [-0.3, -0.25) is 19.7 Å². The number of rotatable bonds is 5. The lowest BCUT2D eigenvalue weighted by Crippen LogP contribution is -2.37. The first-order chi connectivity index (χ1) is 13.0. The van der Waals surface area contributed by atoms with Gasteiger partial charge < -0.3 is 14.8 Å². The third kappa shape index (κ3) is 4.57. The van der Waals surface area contributed by atoms with Gasteiger partial charge in [-0.2, -0.15) is 5.10 Å². The summed E-state index contributed by atoms with van der Waals surface area (Å²) < 4.78 is 10.4. The first-order valence-electron chi connectivity index (χ1n) is 7.77. The Labute approximate surface area is 152 Å². The van der Waals surface area contributed by atoms with Crippen molar-refractivity contribution in [2.24, 2.45) is 5.10 Å². The molecule has 27 heavy (non-hydrogen) atoms. The molecular weight excluding hydrogens is 356 g/mol. The van der Waals surface area contributed by atoms with Gasteiger partial charge in [-0.15, -0.1) is 0 Å². The number of hydrogen-bond acceptors (Lipinski definition) is 7. The molecule has 2 aromatic carbocycles. The van der Waals surface area contributed by atoms with E-state index in [0.29, 0.717) is 17.1 Å². The fourth-order valence-electron chi connectivity index (χ4n) is 2.21. The molecule has 2 aromatic rings. The minimum atomic E-state index is -0.936. The molecule has 2 N–H and O–H groups in total. The molecule has 1 heterocycles. The number of non-ortho nitro benzene ring substituents is 1. The number of nitro groups is 1. The monoisotopic (exact) mass is 370 g/mol. The van der Waals surface area contributed by atoms with Crippen LogP contribution in [0, 0.1) is 10.1 Å². The number of nitrogens with zero attached hydrogens (tertiary/aromatic N) is 2. The molecule has 3 rings (SSSR count). The smallest absolute Gasteiger partial charge is 0.329 e. The van der Waals surface area contributed by atoms with Crippen molar-refractivity contribution < 1.29 is 24.0 Å². The van der Waals surface area contributed by atoms with E-state index in [9.17, 15) is 19.7 Å². The number of fused-ring (bicyclic) bond motifs is 1. The second kappa shape index (κ2) is 7.95. The zero-order valence-electron chi connectivity index (χ0n) is 13.9. The number of nitrogens with one attached hydrogen (secondary N) is 2. The summed E-state index contributed by atoms with van der Waals surface area (Å²) >= 11 is 0. The van der Waals surface area contributed by atoms with Crippen LogP contribution in [0.4, 0.5) is 5.69 Å². The summed E-state index contributed by atoms with van der Waals surface area (Å²) in [5.74, 6) is -0.579. The van der Waals surface area contributed by atoms with Crippen molar-refractivity contribution in [3.8, 4) is 11.5 Å². The summed E-state index contributed by atoms with van der Waals surface area (Å²) in [6.45, 7) is 0.287. The maximum absolute atomic E-state index is 11.8. The van der Waals surface area contributed by atoms with E-state index in [1.165, 1.54) is 30.5 Å². The van der Waals surface area contributed by atoms with Crippen molar-refractivity contribution in [2.75, 3.05) is 6.79 Å². The maximum atomic E-state index is 11.8. The van der Waals surface area contributed by atoms with Crippen molar-refractivity contribution in [3.63, 3.8) is 0 Å². The molecule has 0 unspecified atom stereocenters. The third-order valence-corrected chi connectivity index (χ3v) is 3.58. The summed E-state index contributed by atoms with van der Waals surface area (Å²) in [6.07, 6.45) is 1.27. The predicted octanol–water partition coefficient (Wildman–Crippen LogP) is 1.09. The molecule has 0 bridgehead atoms. The van der Waals surface area contributed by atoms with Crippen molar-refractivity contribution in [3.05, 3.63) is 63.7 Å². The summed E-state index contributed by atoms with van der Waals surface area (Å²) in [4.78, 5) is 33.5.